The summed E-state index contributed by atoms with van der Waals surface area (Å²) in [5.41, 5.74) is 2.41. The van der Waals surface area contributed by atoms with Crippen LogP contribution in [0.5, 0.6) is 11.6 Å². The van der Waals surface area contributed by atoms with Gasteiger partial charge in [-0.25, -0.2) is 4.98 Å². The summed E-state index contributed by atoms with van der Waals surface area (Å²) in [6.07, 6.45) is 4.50. The van der Waals surface area contributed by atoms with Crippen molar-refractivity contribution in [3.8, 4) is 34.3 Å². The average molecular weight is 449 g/mol. The Labute approximate surface area is 199 Å². The standard InChI is InChI=1S/C30H28N2O2/c1-2-3-4-11-18-34-28-20-26(31-30(32-28)25-16-9-10-17-27(25)33)29-23-14-7-5-12-21(23)19-22-13-6-8-15-24(22)29/h5-10,12-17,19-20,33H,2-4,11,18H2,1H3. The Morgan fingerprint density at radius 3 is 2.12 bits per heavy atom. The minimum atomic E-state index is 0.149. The number of ether oxygens (including phenoxy) is 1. The van der Waals surface area contributed by atoms with E-state index in [0.717, 1.165) is 45.6 Å². The van der Waals surface area contributed by atoms with Crippen LogP contribution in [0.3, 0.4) is 0 Å². The summed E-state index contributed by atoms with van der Waals surface area (Å²) in [4.78, 5) is 9.62. The van der Waals surface area contributed by atoms with Crippen LogP contribution in [0.25, 0.3) is 44.2 Å². The van der Waals surface area contributed by atoms with Crippen LogP contribution in [-0.2, 0) is 0 Å². The van der Waals surface area contributed by atoms with Crippen molar-refractivity contribution in [3.05, 3.63) is 84.9 Å². The SMILES string of the molecule is CCCCCCOc1cc(-c2c3ccccc3cc3ccccc23)nc(-c2ccccc2O)n1. The third kappa shape index (κ3) is 4.44. The van der Waals surface area contributed by atoms with Gasteiger partial charge in [0, 0.05) is 11.6 Å². The lowest BCUT2D eigenvalue weighted by Crippen LogP contribution is -2.02. The number of nitrogens with zero attached hydrogens (tertiary/aromatic N) is 2. The Kier molecular flexibility index (Phi) is 6.39. The Morgan fingerprint density at radius 2 is 1.41 bits per heavy atom. The molecule has 34 heavy (non-hydrogen) atoms. The molecule has 1 heterocycles. The first kappa shape index (κ1) is 21.9. The second-order valence-electron chi connectivity index (χ2n) is 8.54. The fourth-order valence-corrected chi connectivity index (χ4v) is 4.41. The molecule has 0 radical (unpaired) electrons. The maximum Gasteiger partial charge on any atom is 0.217 e. The molecule has 0 aliphatic carbocycles. The highest BCUT2D eigenvalue weighted by molar-refractivity contribution is 6.12. The lowest BCUT2D eigenvalue weighted by atomic mass is 9.94. The highest BCUT2D eigenvalue weighted by Crippen LogP contribution is 2.38. The van der Waals surface area contributed by atoms with Gasteiger partial charge in [0.15, 0.2) is 5.82 Å². The van der Waals surface area contributed by atoms with Gasteiger partial charge in [0.1, 0.15) is 5.75 Å². The summed E-state index contributed by atoms with van der Waals surface area (Å²) in [6.45, 7) is 2.80. The molecule has 4 heteroatoms. The van der Waals surface area contributed by atoms with Gasteiger partial charge in [-0.05, 0) is 46.2 Å². The number of unbranched alkanes of at least 4 members (excludes halogenated alkanes) is 3. The van der Waals surface area contributed by atoms with Crippen molar-refractivity contribution >= 4 is 21.5 Å². The molecule has 0 atom stereocenters. The first-order valence-electron chi connectivity index (χ1n) is 12.0. The Hall–Kier alpha value is -3.92. The maximum atomic E-state index is 10.5. The van der Waals surface area contributed by atoms with Gasteiger partial charge in [0.05, 0.1) is 17.9 Å². The number of aromatic hydroxyl groups is 1. The second-order valence-corrected chi connectivity index (χ2v) is 8.54. The van der Waals surface area contributed by atoms with Crippen LogP contribution in [0.15, 0.2) is 84.9 Å². The molecule has 1 aromatic heterocycles. The number of phenols is 1. The van der Waals surface area contributed by atoms with Gasteiger partial charge >= 0.3 is 0 Å². The molecular formula is C30H28N2O2. The number of rotatable bonds is 8. The smallest absolute Gasteiger partial charge is 0.217 e. The molecule has 0 aliphatic heterocycles. The summed E-state index contributed by atoms with van der Waals surface area (Å²) in [5.74, 6) is 1.13. The Morgan fingerprint density at radius 1 is 0.735 bits per heavy atom. The number of para-hydroxylation sites is 1. The minimum Gasteiger partial charge on any atom is -0.507 e. The molecule has 0 aliphatic rings. The monoisotopic (exact) mass is 448 g/mol. The third-order valence-electron chi connectivity index (χ3n) is 6.12. The van der Waals surface area contributed by atoms with E-state index in [1.165, 1.54) is 12.8 Å². The largest absolute Gasteiger partial charge is 0.507 e. The van der Waals surface area contributed by atoms with Crippen LogP contribution >= 0.6 is 0 Å². The van der Waals surface area contributed by atoms with E-state index in [2.05, 4.69) is 66.5 Å². The highest BCUT2D eigenvalue weighted by Gasteiger charge is 2.16. The van der Waals surface area contributed by atoms with E-state index in [1.807, 2.05) is 18.2 Å². The zero-order valence-electron chi connectivity index (χ0n) is 19.4. The summed E-state index contributed by atoms with van der Waals surface area (Å²) in [5, 5.41) is 15.1. The number of benzene rings is 4. The van der Waals surface area contributed by atoms with Crippen molar-refractivity contribution in [1.29, 1.82) is 0 Å². The molecule has 5 rings (SSSR count). The van der Waals surface area contributed by atoms with Crippen molar-refractivity contribution in [2.45, 2.75) is 32.6 Å². The van der Waals surface area contributed by atoms with Crippen LogP contribution in [0.1, 0.15) is 32.6 Å². The summed E-state index contributed by atoms with van der Waals surface area (Å²) in [6, 6.07) is 28.0. The van der Waals surface area contributed by atoms with Crippen molar-refractivity contribution in [2.75, 3.05) is 6.61 Å². The van der Waals surface area contributed by atoms with Gasteiger partial charge < -0.3 is 9.84 Å². The van der Waals surface area contributed by atoms with Gasteiger partial charge in [-0.1, -0.05) is 86.8 Å². The fraction of sp³-hybridized carbons (Fsp3) is 0.200. The van der Waals surface area contributed by atoms with Gasteiger partial charge in [0.2, 0.25) is 5.88 Å². The molecule has 0 fully saturated rings. The lowest BCUT2D eigenvalue weighted by molar-refractivity contribution is 0.294. The summed E-state index contributed by atoms with van der Waals surface area (Å²) >= 11 is 0. The number of aromatic nitrogens is 2. The van der Waals surface area contributed by atoms with E-state index < -0.39 is 0 Å². The lowest BCUT2D eigenvalue weighted by Gasteiger charge is -2.14. The van der Waals surface area contributed by atoms with E-state index in [-0.39, 0.29) is 5.75 Å². The predicted octanol–water partition coefficient (Wildman–Crippen LogP) is 7.78. The molecule has 0 spiro atoms. The third-order valence-corrected chi connectivity index (χ3v) is 6.12. The molecule has 1 N–H and O–H groups in total. The molecule has 4 aromatic carbocycles. The molecule has 0 bridgehead atoms. The quantitative estimate of drug-likeness (QED) is 0.194. The van der Waals surface area contributed by atoms with Crippen LogP contribution in [-0.4, -0.2) is 21.7 Å². The molecule has 0 unspecified atom stereocenters. The maximum absolute atomic E-state index is 10.5. The van der Waals surface area contributed by atoms with E-state index in [0.29, 0.717) is 23.9 Å². The number of fused-ring (bicyclic) bond motifs is 2. The summed E-state index contributed by atoms with van der Waals surface area (Å²) < 4.78 is 6.11. The molecule has 5 aromatic rings. The van der Waals surface area contributed by atoms with Crippen LogP contribution in [0.4, 0.5) is 0 Å². The van der Waals surface area contributed by atoms with E-state index >= 15 is 0 Å². The number of hydrogen-bond acceptors (Lipinski definition) is 4. The summed E-state index contributed by atoms with van der Waals surface area (Å²) in [7, 11) is 0. The predicted molar refractivity (Wildman–Crippen MR) is 139 cm³/mol. The zero-order valence-corrected chi connectivity index (χ0v) is 19.4. The highest BCUT2D eigenvalue weighted by atomic mass is 16.5. The van der Waals surface area contributed by atoms with Gasteiger partial charge in [-0.3, -0.25) is 0 Å². The molecular weight excluding hydrogens is 420 g/mol. The van der Waals surface area contributed by atoms with Crippen LogP contribution < -0.4 is 4.74 Å². The Balaban J connectivity index is 1.69. The fourth-order valence-electron chi connectivity index (χ4n) is 4.41. The van der Waals surface area contributed by atoms with Gasteiger partial charge in [0.25, 0.3) is 0 Å². The Bertz CT molecular complexity index is 1390. The van der Waals surface area contributed by atoms with Gasteiger partial charge in [-0.2, -0.15) is 4.98 Å². The zero-order chi connectivity index (χ0) is 23.3. The van der Waals surface area contributed by atoms with E-state index in [4.69, 9.17) is 9.72 Å². The second kappa shape index (κ2) is 9.92. The van der Waals surface area contributed by atoms with Crippen molar-refractivity contribution in [1.82, 2.24) is 9.97 Å². The van der Waals surface area contributed by atoms with E-state index in [1.54, 1.807) is 12.1 Å². The van der Waals surface area contributed by atoms with Crippen LogP contribution in [0, 0.1) is 0 Å². The van der Waals surface area contributed by atoms with Crippen molar-refractivity contribution in [2.24, 2.45) is 0 Å². The van der Waals surface area contributed by atoms with E-state index in [9.17, 15) is 5.11 Å². The minimum absolute atomic E-state index is 0.149. The topological polar surface area (TPSA) is 55.2 Å². The first-order chi connectivity index (χ1) is 16.7. The normalized spacial score (nSPS) is 11.2. The van der Waals surface area contributed by atoms with Crippen molar-refractivity contribution in [3.63, 3.8) is 0 Å². The van der Waals surface area contributed by atoms with Crippen molar-refractivity contribution < 1.29 is 9.84 Å². The molecule has 4 nitrogen and oxygen atoms in total. The van der Waals surface area contributed by atoms with Crippen LogP contribution in [0.2, 0.25) is 0 Å². The average Bonchev–Trinajstić information content (AvgIpc) is 2.87. The number of phenolic OH excluding ortho intramolecular Hbond substituents is 1. The van der Waals surface area contributed by atoms with Gasteiger partial charge in [-0.15, -0.1) is 0 Å². The molecule has 0 amide bonds. The molecule has 0 saturated heterocycles. The first-order valence-corrected chi connectivity index (χ1v) is 12.0. The molecule has 0 saturated carbocycles. The number of hydrogen-bond donors (Lipinski definition) is 1. The molecule has 170 valence electrons.